The number of carbonyl (C=O) groups excluding carboxylic acids is 2. The fourth-order valence-electron chi connectivity index (χ4n) is 5.40. The third-order valence-corrected chi connectivity index (χ3v) is 10.2. The van der Waals surface area contributed by atoms with Crippen LogP contribution in [0.1, 0.15) is 95.8 Å². The van der Waals surface area contributed by atoms with E-state index in [2.05, 4.69) is 45.5 Å². The van der Waals surface area contributed by atoms with Crippen LogP contribution in [0.25, 0.3) is 0 Å². The van der Waals surface area contributed by atoms with Crippen molar-refractivity contribution in [3.8, 4) is 0 Å². The highest BCUT2D eigenvalue weighted by atomic mass is 79.9. The van der Waals surface area contributed by atoms with Gasteiger partial charge in [-0.25, -0.2) is 4.98 Å². The molecule has 0 aliphatic heterocycles. The average Bonchev–Trinajstić information content (AvgIpc) is 3.38. The highest BCUT2D eigenvalue weighted by Crippen LogP contribution is 2.61. The quantitative estimate of drug-likeness (QED) is 0.182. The molecule has 1 spiro atoms. The van der Waals surface area contributed by atoms with Gasteiger partial charge in [0.1, 0.15) is 22.9 Å². The molecule has 2 atom stereocenters. The second-order valence-electron chi connectivity index (χ2n) is 11.9. The van der Waals surface area contributed by atoms with Gasteiger partial charge in [-0.2, -0.15) is 0 Å². The second-order valence-corrected chi connectivity index (χ2v) is 18.4. The first-order valence-corrected chi connectivity index (χ1v) is 18.3. The topological polar surface area (TPSA) is 73.2 Å². The van der Waals surface area contributed by atoms with E-state index in [4.69, 9.17) is 9.72 Å². The van der Waals surface area contributed by atoms with Crippen molar-refractivity contribution >= 4 is 35.7 Å². The van der Waals surface area contributed by atoms with E-state index in [-0.39, 0.29) is 23.3 Å². The molecule has 2 saturated carbocycles. The number of Topliss-reactive ketones (excluding diaryl/α,β-unsaturated/α-hetero) is 1. The van der Waals surface area contributed by atoms with E-state index in [1.165, 1.54) is 32.1 Å². The van der Waals surface area contributed by atoms with E-state index in [9.17, 15) is 9.59 Å². The third kappa shape index (κ3) is 8.53. The highest BCUT2D eigenvalue weighted by Gasteiger charge is 2.57. The van der Waals surface area contributed by atoms with Crippen molar-refractivity contribution in [2.24, 2.45) is 11.3 Å². The van der Waals surface area contributed by atoms with Crippen molar-refractivity contribution in [2.75, 3.05) is 6.61 Å². The van der Waals surface area contributed by atoms with Gasteiger partial charge in [0.25, 0.3) is 0 Å². The molecular weight excluding hydrogens is 522 g/mol. The highest BCUT2D eigenvalue weighted by molar-refractivity contribution is 9.10. The van der Waals surface area contributed by atoms with Crippen LogP contribution in [0.2, 0.25) is 25.7 Å². The van der Waals surface area contributed by atoms with Crippen LogP contribution in [0, 0.1) is 11.3 Å². The number of nitrogens with one attached hydrogen (secondary N) is 1. The maximum atomic E-state index is 13.3. The maximum absolute atomic E-state index is 13.3. The molecule has 2 aliphatic carbocycles. The Morgan fingerprint density at radius 2 is 1.97 bits per heavy atom. The lowest BCUT2D eigenvalue weighted by molar-refractivity contribution is -0.124. The number of rotatable bonds is 15. The van der Waals surface area contributed by atoms with Crippen LogP contribution >= 0.6 is 15.9 Å². The molecule has 0 bridgehead atoms. The zero-order chi connectivity index (χ0) is 25.5. The van der Waals surface area contributed by atoms with E-state index < -0.39 is 8.07 Å². The molecule has 6 nitrogen and oxygen atoms in total. The SMILES string of the molecule is CCC(=O)CCCCC[C@H](NC(=O)C1CC12CCCCC2)c1ncc(Br)n1COCC[Si](C)(C)C. The summed E-state index contributed by atoms with van der Waals surface area (Å²) in [7, 11) is -1.15. The summed E-state index contributed by atoms with van der Waals surface area (Å²) in [5, 5.41) is 3.39. The number of aromatic nitrogens is 2. The Bertz CT molecular complexity index is 845. The number of ketones is 1. The molecule has 0 aromatic carbocycles. The molecule has 0 saturated heterocycles. The first-order chi connectivity index (χ1) is 16.6. The Morgan fingerprint density at radius 1 is 1.23 bits per heavy atom. The maximum Gasteiger partial charge on any atom is 0.224 e. The van der Waals surface area contributed by atoms with Gasteiger partial charge in [-0.1, -0.05) is 58.7 Å². The summed E-state index contributed by atoms with van der Waals surface area (Å²) < 4.78 is 8.97. The van der Waals surface area contributed by atoms with E-state index in [1.54, 1.807) is 0 Å². The first-order valence-electron chi connectivity index (χ1n) is 13.8. The third-order valence-electron chi connectivity index (χ3n) is 7.88. The predicted octanol–water partition coefficient (Wildman–Crippen LogP) is 7.02. The predicted molar refractivity (Wildman–Crippen MR) is 147 cm³/mol. The van der Waals surface area contributed by atoms with Crippen molar-refractivity contribution in [1.29, 1.82) is 0 Å². The minimum absolute atomic E-state index is 0.141. The smallest absolute Gasteiger partial charge is 0.224 e. The molecule has 2 aliphatic rings. The summed E-state index contributed by atoms with van der Waals surface area (Å²) in [6, 6.07) is 0.979. The Labute approximate surface area is 221 Å². The number of unbranched alkanes of at least 4 members (excludes halogenated alkanes) is 2. The van der Waals surface area contributed by atoms with Gasteiger partial charge in [0, 0.05) is 33.4 Å². The van der Waals surface area contributed by atoms with Crippen molar-refractivity contribution in [1.82, 2.24) is 14.9 Å². The molecule has 2 fully saturated rings. The zero-order valence-electron chi connectivity index (χ0n) is 22.3. The van der Waals surface area contributed by atoms with Crippen molar-refractivity contribution in [2.45, 2.75) is 122 Å². The molecule has 198 valence electrons. The Kier molecular flexibility index (Phi) is 10.6. The van der Waals surface area contributed by atoms with Gasteiger partial charge in [-0.05, 0) is 59.5 Å². The number of hydrogen-bond donors (Lipinski definition) is 1. The molecule has 3 rings (SSSR count). The normalized spacial score (nSPS) is 20.1. The molecule has 1 unspecified atom stereocenters. The lowest BCUT2D eigenvalue weighted by atomic mass is 9.84. The van der Waals surface area contributed by atoms with Crippen molar-refractivity contribution < 1.29 is 14.3 Å². The summed E-state index contributed by atoms with van der Waals surface area (Å²) in [4.78, 5) is 29.7. The lowest BCUT2D eigenvalue weighted by Gasteiger charge is -2.24. The molecule has 1 aromatic heterocycles. The Balaban J connectivity index is 1.63. The number of hydrogen-bond acceptors (Lipinski definition) is 4. The summed E-state index contributed by atoms with van der Waals surface area (Å²) in [5.74, 6) is 1.55. The largest absolute Gasteiger partial charge is 0.361 e. The summed E-state index contributed by atoms with van der Waals surface area (Å²) in [6.07, 6.45) is 14.0. The number of nitrogens with zero attached hydrogens (tertiary/aromatic N) is 2. The fourth-order valence-corrected chi connectivity index (χ4v) is 6.54. The van der Waals surface area contributed by atoms with Gasteiger partial charge in [0.15, 0.2) is 0 Å². The van der Waals surface area contributed by atoms with E-state index in [0.29, 0.717) is 25.4 Å². The minimum atomic E-state index is -1.15. The van der Waals surface area contributed by atoms with E-state index in [1.807, 2.05) is 13.1 Å². The van der Waals surface area contributed by atoms with E-state index in [0.717, 1.165) is 55.2 Å². The van der Waals surface area contributed by atoms with Crippen LogP contribution < -0.4 is 5.32 Å². The number of amides is 1. The van der Waals surface area contributed by atoms with Crippen LogP contribution in [-0.2, 0) is 21.1 Å². The summed E-state index contributed by atoms with van der Waals surface area (Å²) in [6.45, 7) is 10.2. The van der Waals surface area contributed by atoms with E-state index >= 15 is 0 Å². The zero-order valence-corrected chi connectivity index (χ0v) is 24.9. The Morgan fingerprint density at radius 3 is 2.66 bits per heavy atom. The van der Waals surface area contributed by atoms with Crippen LogP contribution in [0.3, 0.4) is 0 Å². The van der Waals surface area contributed by atoms with Crippen LogP contribution in [0.4, 0.5) is 0 Å². The fraction of sp³-hybridized carbons (Fsp3) is 0.815. The number of halogens is 1. The van der Waals surface area contributed by atoms with Crippen LogP contribution in [-0.4, -0.2) is 35.9 Å². The molecule has 1 heterocycles. The van der Waals surface area contributed by atoms with Crippen LogP contribution in [0.5, 0.6) is 0 Å². The number of imidazole rings is 1. The average molecular weight is 569 g/mol. The molecule has 0 radical (unpaired) electrons. The summed E-state index contributed by atoms with van der Waals surface area (Å²) in [5.41, 5.74) is 0.267. The molecule has 1 aromatic rings. The van der Waals surface area contributed by atoms with Gasteiger partial charge in [-0.15, -0.1) is 0 Å². The van der Waals surface area contributed by atoms with Crippen molar-refractivity contribution in [3.63, 3.8) is 0 Å². The molecule has 1 amide bonds. The van der Waals surface area contributed by atoms with Gasteiger partial charge in [0.2, 0.25) is 5.91 Å². The van der Waals surface area contributed by atoms with Gasteiger partial charge in [0.05, 0.1) is 12.2 Å². The molecule has 35 heavy (non-hydrogen) atoms. The molecule has 8 heteroatoms. The first kappa shape index (κ1) is 28.6. The molecular formula is C27H46BrN3O3Si. The van der Waals surface area contributed by atoms with Gasteiger partial charge in [-0.3, -0.25) is 14.2 Å². The number of carbonyl (C=O) groups is 2. The Hall–Kier alpha value is -0.993. The lowest BCUT2D eigenvalue weighted by Crippen LogP contribution is -2.33. The summed E-state index contributed by atoms with van der Waals surface area (Å²) >= 11 is 3.64. The molecule has 1 N–H and O–H groups in total. The van der Waals surface area contributed by atoms with Crippen LogP contribution in [0.15, 0.2) is 10.8 Å². The van der Waals surface area contributed by atoms with Crippen molar-refractivity contribution in [3.05, 3.63) is 16.6 Å². The van der Waals surface area contributed by atoms with Gasteiger partial charge >= 0.3 is 0 Å². The minimum Gasteiger partial charge on any atom is -0.361 e. The standard InChI is InChI=1S/C27H46BrN3O3Si/c1-5-21(32)12-8-6-9-13-23(30-26(33)22-18-27(22)14-10-7-11-15-27)25-29-19-24(28)31(25)20-34-16-17-35(2,3)4/h19,22-23H,5-18,20H2,1-4H3,(H,30,33)/t22?,23-/m0/s1. The monoisotopic (exact) mass is 567 g/mol. The number of ether oxygens (including phenoxy) is 1. The van der Waals surface area contributed by atoms with Gasteiger partial charge < -0.3 is 10.1 Å². The second kappa shape index (κ2) is 13.0.